The fraction of sp³-hybridized carbons (Fsp3) is 0.0526. The van der Waals surface area contributed by atoms with Crippen molar-refractivity contribution in [2.45, 2.75) is 6.92 Å². The van der Waals surface area contributed by atoms with E-state index in [1.807, 2.05) is 12.1 Å². The Morgan fingerprint density at radius 3 is 2.46 bits per heavy atom. The Hall–Kier alpha value is -3.74. The van der Waals surface area contributed by atoms with Crippen LogP contribution in [0.4, 0.5) is 0 Å². The fourth-order valence-electron chi connectivity index (χ4n) is 2.24. The summed E-state index contributed by atoms with van der Waals surface area (Å²) in [7, 11) is 0. The summed E-state index contributed by atoms with van der Waals surface area (Å²) in [6.45, 7) is 1.77. The van der Waals surface area contributed by atoms with E-state index in [1.165, 1.54) is 12.3 Å². The van der Waals surface area contributed by atoms with Crippen molar-refractivity contribution in [1.29, 1.82) is 0 Å². The summed E-state index contributed by atoms with van der Waals surface area (Å²) in [5.74, 6) is -1.15. The Bertz CT molecular complexity index is 960. The standard InChI is InChI=1S/C19H15N3O4/c1-12(21-22-18(23)15-4-2-3-11-20-15)13-5-7-14(8-6-13)16-9-10-17(26-16)19(24)25/h2-11H,1H3,(H,22,23)(H,24,25)/b21-12-. The van der Waals surface area contributed by atoms with Crippen molar-refractivity contribution in [3.63, 3.8) is 0 Å². The minimum absolute atomic E-state index is 0.112. The number of aromatic nitrogens is 1. The Morgan fingerprint density at radius 2 is 1.85 bits per heavy atom. The number of nitrogens with one attached hydrogen (secondary N) is 1. The van der Waals surface area contributed by atoms with Crippen LogP contribution in [0.25, 0.3) is 11.3 Å². The average molecular weight is 349 g/mol. The van der Waals surface area contributed by atoms with E-state index in [1.54, 1.807) is 43.3 Å². The number of carbonyl (C=O) groups is 2. The van der Waals surface area contributed by atoms with E-state index in [9.17, 15) is 9.59 Å². The van der Waals surface area contributed by atoms with Crippen molar-refractivity contribution < 1.29 is 19.1 Å². The maximum Gasteiger partial charge on any atom is 0.371 e. The molecule has 0 aliphatic heterocycles. The number of carboxylic acid groups (broad SMARTS) is 1. The molecule has 0 unspecified atom stereocenters. The van der Waals surface area contributed by atoms with E-state index in [0.717, 1.165) is 11.1 Å². The van der Waals surface area contributed by atoms with Gasteiger partial charge in [-0.15, -0.1) is 0 Å². The molecular weight excluding hydrogens is 334 g/mol. The minimum Gasteiger partial charge on any atom is -0.475 e. The molecule has 0 atom stereocenters. The third kappa shape index (κ3) is 3.84. The number of hydrogen-bond donors (Lipinski definition) is 2. The second kappa shape index (κ2) is 7.43. The highest BCUT2D eigenvalue weighted by Crippen LogP contribution is 2.22. The van der Waals surface area contributed by atoms with Gasteiger partial charge in [0.25, 0.3) is 5.91 Å². The first-order valence-corrected chi connectivity index (χ1v) is 7.74. The zero-order chi connectivity index (χ0) is 18.5. The molecule has 0 fully saturated rings. The minimum atomic E-state index is -1.11. The van der Waals surface area contributed by atoms with E-state index in [2.05, 4.69) is 15.5 Å². The molecule has 2 aromatic heterocycles. The van der Waals surface area contributed by atoms with Gasteiger partial charge in [-0.2, -0.15) is 5.10 Å². The van der Waals surface area contributed by atoms with Gasteiger partial charge in [-0.25, -0.2) is 10.2 Å². The van der Waals surface area contributed by atoms with Crippen LogP contribution in [0.15, 0.2) is 70.3 Å². The molecular formula is C19H15N3O4. The highest BCUT2D eigenvalue weighted by molar-refractivity contribution is 6.00. The van der Waals surface area contributed by atoms with Gasteiger partial charge in [-0.05, 0) is 36.8 Å². The number of benzene rings is 1. The summed E-state index contributed by atoms with van der Waals surface area (Å²) in [5.41, 5.74) is 4.91. The number of pyridine rings is 1. The number of rotatable bonds is 5. The van der Waals surface area contributed by atoms with Crippen molar-refractivity contribution in [1.82, 2.24) is 10.4 Å². The second-order valence-corrected chi connectivity index (χ2v) is 5.40. The topological polar surface area (TPSA) is 105 Å². The van der Waals surface area contributed by atoms with Crippen molar-refractivity contribution in [2.24, 2.45) is 5.10 Å². The lowest BCUT2D eigenvalue weighted by Gasteiger charge is -2.04. The Balaban J connectivity index is 1.71. The molecule has 2 N–H and O–H groups in total. The number of furan rings is 1. The van der Waals surface area contributed by atoms with E-state index in [0.29, 0.717) is 11.5 Å². The molecule has 3 rings (SSSR count). The third-order valence-electron chi connectivity index (χ3n) is 3.63. The number of carbonyl (C=O) groups excluding carboxylic acids is 1. The molecule has 0 saturated heterocycles. The molecule has 0 spiro atoms. The van der Waals surface area contributed by atoms with Gasteiger partial charge in [-0.1, -0.05) is 30.3 Å². The molecule has 3 aromatic rings. The van der Waals surface area contributed by atoms with Gasteiger partial charge in [0, 0.05) is 11.8 Å². The summed E-state index contributed by atoms with van der Waals surface area (Å²) in [4.78, 5) is 26.8. The van der Waals surface area contributed by atoms with E-state index >= 15 is 0 Å². The molecule has 0 aliphatic carbocycles. The van der Waals surface area contributed by atoms with Gasteiger partial charge >= 0.3 is 5.97 Å². The first-order chi connectivity index (χ1) is 12.5. The van der Waals surface area contributed by atoms with Crippen LogP contribution in [-0.2, 0) is 0 Å². The molecule has 2 heterocycles. The maximum absolute atomic E-state index is 11.9. The maximum atomic E-state index is 11.9. The third-order valence-corrected chi connectivity index (χ3v) is 3.63. The summed E-state index contributed by atoms with van der Waals surface area (Å²) in [6.07, 6.45) is 1.54. The van der Waals surface area contributed by atoms with Crippen molar-refractivity contribution in [2.75, 3.05) is 0 Å². The number of nitrogens with zero attached hydrogens (tertiary/aromatic N) is 2. The average Bonchev–Trinajstić information content (AvgIpc) is 3.17. The van der Waals surface area contributed by atoms with Crippen LogP contribution in [0.3, 0.4) is 0 Å². The van der Waals surface area contributed by atoms with Crippen LogP contribution in [-0.4, -0.2) is 27.7 Å². The lowest BCUT2D eigenvalue weighted by molar-refractivity contribution is 0.0663. The van der Waals surface area contributed by atoms with Crippen LogP contribution in [0, 0.1) is 0 Å². The zero-order valence-electron chi connectivity index (χ0n) is 13.8. The first-order valence-electron chi connectivity index (χ1n) is 7.74. The van der Waals surface area contributed by atoms with Crippen LogP contribution in [0.2, 0.25) is 0 Å². The smallest absolute Gasteiger partial charge is 0.371 e. The predicted octanol–water partition coefficient (Wildman–Crippen LogP) is 3.19. The Morgan fingerprint density at radius 1 is 1.08 bits per heavy atom. The van der Waals surface area contributed by atoms with Gasteiger partial charge in [0.2, 0.25) is 5.76 Å². The normalized spacial score (nSPS) is 11.2. The molecule has 7 heteroatoms. The SMILES string of the molecule is C/C(=N/NC(=O)c1ccccn1)c1ccc(-c2ccc(C(=O)O)o2)cc1. The van der Waals surface area contributed by atoms with E-state index in [4.69, 9.17) is 9.52 Å². The van der Waals surface area contributed by atoms with Crippen molar-refractivity contribution >= 4 is 17.6 Å². The van der Waals surface area contributed by atoms with Gasteiger partial charge in [0.1, 0.15) is 11.5 Å². The molecule has 0 bridgehead atoms. The Kier molecular flexibility index (Phi) is 4.89. The molecule has 0 aliphatic rings. The molecule has 0 radical (unpaired) electrons. The van der Waals surface area contributed by atoms with Gasteiger partial charge in [0.15, 0.2) is 0 Å². The van der Waals surface area contributed by atoms with E-state index in [-0.39, 0.29) is 11.5 Å². The lowest BCUT2D eigenvalue weighted by Crippen LogP contribution is -2.20. The summed E-state index contributed by atoms with van der Waals surface area (Å²) >= 11 is 0. The lowest BCUT2D eigenvalue weighted by atomic mass is 10.1. The highest BCUT2D eigenvalue weighted by Gasteiger charge is 2.10. The summed E-state index contributed by atoms with van der Waals surface area (Å²) in [6, 6.07) is 15.3. The molecule has 0 saturated carbocycles. The number of hydrazone groups is 1. The molecule has 130 valence electrons. The van der Waals surface area contributed by atoms with Crippen LogP contribution < -0.4 is 5.43 Å². The highest BCUT2D eigenvalue weighted by atomic mass is 16.4. The van der Waals surface area contributed by atoms with Gasteiger partial charge < -0.3 is 9.52 Å². The predicted molar refractivity (Wildman–Crippen MR) is 95.0 cm³/mol. The first kappa shape index (κ1) is 17.1. The monoisotopic (exact) mass is 349 g/mol. The number of aromatic carboxylic acids is 1. The molecule has 7 nitrogen and oxygen atoms in total. The fourth-order valence-corrected chi connectivity index (χ4v) is 2.24. The van der Waals surface area contributed by atoms with Crippen LogP contribution >= 0.6 is 0 Å². The molecule has 26 heavy (non-hydrogen) atoms. The largest absolute Gasteiger partial charge is 0.475 e. The summed E-state index contributed by atoms with van der Waals surface area (Å²) < 4.78 is 5.27. The quantitative estimate of drug-likeness (QED) is 0.544. The molecule has 1 amide bonds. The summed E-state index contributed by atoms with van der Waals surface area (Å²) in [5, 5.41) is 13.0. The number of hydrogen-bond acceptors (Lipinski definition) is 5. The van der Waals surface area contributed by atoms with Crippen LogP contribution in [0.5, 0.6) is 0 Å². The van der Waals surface area contributed by atoms with Crippen molar-refractivity contribution in [3.8, 4) is 11.3 Å². The number of amides is 1. The van der Waals surface area contributed by atoms with E-state index < -0.39 is 11.9 Å². The van der Waals surface area contributed by atoms with Crippen molar-refractivity contribution in [3.05, 3.63) is 77.8 Å². The Labute approximate surface area is 149 Å². The zero-order valence-corrected chi connectivity index (χ0v) is 13.8. The number of carboxylic acids is 1. The molecule has 1 aromatic carbocycles. The van der Waals surface area contributed by atoms with Crippen LogP contribution in [0.1, 0.15) is 33.5 Å². The second-order valence-electron chi connectivity index (χ2n) is 5.40. The van der Waals surface area contributed by atoms with Gasteiger partial charge in [-0.3, -0.25) is 9.78 Å². The van der Waals surface area contributed by atoms with Gasteiger partial charge in [0.05, 0.1) is 5.71 Å².